The van der Waals surface area contributed by atoms with Crippen molar-refractivity contribution in [3.05, 3.63) is 59.7 Å². The minimum Gasteiger partial charge on any atom is -0.399 e. The highest BCUT2D eigenvalue weighted by Gasteiger charge is 2.02. The van der Waals surface area contributed by atoms with Gasteiger partial charge in [0.1, 0.15) is 0 Å². The number of rotatable bonds is 2. The molecule has 0 aliphatic carbocycles. The second-order valence-electron chi connectivity index (χ2n) is 3.97. The molecule has 2 amide bonds. The standard InChI is InChI=1S/C8H8N2O2.C6H8N2/c9-7(11)5-1-2-6(4-3-5)8(10)12;7-5-1-2-6(8)4-3-5/h1-4H,(H2,9,11)(H2,10,12);1-4H,7-8H2. The van der Waals surface area contributed by atoms with E-state index in [2.05, 4.69) is 0 Å². The van der Waals surface area contributed by atoms with Crippen molar-refractivity contribution in [2.45, 2.75) is 0 Å². The van der Waals surface area contributed by atoms with Crippen molar-refractivity contribution >= 4 is 23.2 Å². The van der Waals surface area contributed by atoms with Crippen LogP contribution in [0.15, 0.2) is 48.5 Å². The second kappa shape index (κ2) is 6.79. The summed E-state index contributed by atoms with van der Waals surface area (Å²) in [4.78, 5) is 21.2. The molecule has 104 valence electrons. The number of primary amides is 2. The Morgan fingerprint density at radius 2 is 0.850 bits per heavy atom. The van der Waals surface area contributed by atoms with Crippen molar-refractivity contribution < 1.29 is 9.59 Å². The molecule has 20 heavy (non-hydrogen) atoms. The summed E-state index contributed by atoms with van der Waals surface area (Å²) in [7, 11) is 0. The third-order valence-electron chi connectivity index (χ3n) is 2.39. The van der Waals surface area contributed by atoms with E-state index in [1.54, 1.807) is 24.3 Å². The van der Waals surface area contributed by atoms with Crippen molar-refractivity contribution in [1.29, 1.82) is 0 Å². The Kier molecular flexibility index (Phi) is 5.11. The minimum absolute atomic E-state index is 0.361. The van der Waals surface area contributed by atoms with Gasteiger partial charge in [-0.25, -0.2) is 0 Å². The Bertz CT molecular complexity index is 538. The first-order chi connectivity index (χ1) is 9.40. The molecule has 0 fully saturated rings. The van der Waals surface area contributed by atoms with Gasteiger partial charge in [-0.2, -0.15) is 0 Å². The fourth-order valence-corrected chi connectivity index (χ4v) is 1.29. The van der Waals surface area contributed by atoms with Crippen LogP contribution in [0.2, 0.25) is 0 Å². The lowest BCUT2D eigenvalue weighted by Gasteiger charge is -1.96. The summed E-state index contributed by atoms with van der Waals surface area (Å²) in [5.41, 5.74) is 22.9. The predicted octanol–water partition coefficient (Wildman–Crippen LogP) is 0.735. The van der Waals surface area contributed by atoms with E-state index in [-0.39, 0.29) is 0 Å². The predicted molar refractivity (Wildman–Crippen MR) is 78.7 cm³/mol. The molecule has 0 saturated carbocycles. The number of anilines is 2. The summed E-state index contributed by atoms with van der Waals surface area (Å²) in [5, 5.41) is 0. The molecule has 0 bridgehead atoms. The topological polar surface area (TPSA) is 138 Å². The van der Waals surface area contributed by atoms with Crippen LogP contribution >= 0.6 is 0 Å². The summed E-state index contributed by atoms with van der Waals surface area (Å²) in [5.74, 6) is -1.04. The fourth-order valence-electron chi connectivity index (χ4n) is 1.29. The number of benzene rings is 2. The third-order valence-corrected chi connectivity index (χ3v) is 2.39. The number of nitrogens with two attached hydrogens (primary N) is 4. The third kappa shape index (κ3) is 4.69. The Morgan fingerprint density at radius 3 is 1.05 bits per heavy atom. The molecule has 0 aromatic heterocycles. The molecule has 2 rings (SSSR count). The molecule has 0 spiro atoms. The van der Waals surface area contributed by atoms with Gasteiger partial charge in [-0.3, -0.25) is 9.59 Å². The first-order valence-electron chi connectivity index (χ1n) is 5.71. The van der Waals surface area contributed by atoms with Gasteiger partial charge >= 0.3 is 0 Å². The van der Waals surface area contributed by atoms with Crippen LogP contribution in [0.25, 0.3) is 0 Å². The highest BCUT2D eigenvalue weighted by Crippen LogP contribution is 2.05. The highest BCUT2D eigenvalue weighted by molar-refractivity contribution is 5.96. The summed E-state index contributed by atoms with van der Waals surface area (Å²) in [6.07, 6.45) is 0. The molecule has 0 saturated heterocycles. The fraction of sp³-hybridized carbons (Fsp3) is 0. The van der Waals surface area contributed by atoms with E-state index in [4.69, 9.17) is 22.9 Å². The van der Waals surface area contributed by atoms with Crippen molar-refractivity contribution in [1.82, 2.24) is 0 Å². The zero-order valence-corrected chi connectivity index (χ0v) is 10.7. The van der Waals surface area contributed by atoms with Crippen molar-refractivity contribution in [2.75, 3.05) is 11.5 Å². The lowest BCUT2D eigenvalue weighted by molar-refractivity contribution is 0.0988. The van der Waals surface area contributed by atoms with Gasteiger partial charge in [0.15, 0.2) is 0 Å². The molecule has 0 unspecified atom stereocenters. The average molecular weight is 272 g/mol. The molecule has 0 aliphatic rings. The highest BCUT2D eigenvalue weighted by atomic mass is 16.1. The molecule has 8 N–H and O–H groups in total. The van der Waals surface area contributed by atoms with Gasteiger partial charge in [0.25, 0.3) is 0 Å². The average Bonchev–Trinajstić information content (AvgIpc) is 2.43. The van der Waals surface area contributed by atoms with E-state index in [1.165, 1.54) is 24.3 Å². The smallest absolute Gasteiger partial charge is 0.248 e. The van der Waals surface area contributed by atoms with Crippen LogP contribution in [-0.4, -0.2) is 11.8 Å². The van der Waals surface area contributed by atoms with Crippen LogP contribution in [0, 0.1) is 0 Å². The molecule has 2 aromatic rings. The summed E-state index contributed by atoms with van der Waals surface area (Å²) < 4.78 is 0. The minimum atomic E-state index is -0.522. The number of carbonyl (C=O) groups is 2. The molecule has 0 radical (unpaired) electrons. The van der Waals surface area contributed by atoms with Gasteiger partial charge in [-0.15, -0.1) is 0 Å². The van der Waals surface area contributed by atoms with Crippen LogP contribution in [0.1, 0.15) is 20.7 Å². The number of carbonyl (C=O) groups excluding carboxylic acids is 2. The van der Waals surface area contributed by atoms with E-state index in [0.29, 0.717) is 11.1 Å². The number of nitrogen functional groups attached to an aromatic ring is 2. The zero-order valence-electron chi connectivity index (χ0n) is 10.7. The Labute approximate surface area is 116 Å². The Hall–Kier alpha value is -3.02. The van der Waals surface area contributed by atoms with Crippen LogP contribution < -0.4 is 22.9 Å². The summed E-state index contributed by atoms with van der Waals surface area (Å²) >= 11 is 0. The lowest BCUT2D eigenvalue weighted by atomic mass is 10.1. The quantitative estimate of drug-likeness (QED) is 0.598. The maximum Gasteiger partial charge on any atom is 0.248 e. The van der Waals surface area contributed by atoms with Gasteiger partial charge in [-0.1, -0.05) is 0 Å². The molecular formula is C14H16N4O2. The molecule has 2 aromatic carbocycles. The van der Waals surface area contributed by atoms with Crippen LogP contribution in [0.5, 0.6) is 0 Å². The number of hydrogen-bond donors (Lipinski definition) is 4. The normalized spacial score (nSPS) is 9.20. The molecule has 6 nitrogen and oxygen atoms in total. The zero-order chi connectivity index (χ0) is 15.1. The van der Waals surface area contributed by atoms with E-state index in [1.807, 2.05) is 0 Å². The first-order valence-corrected chi connectivity index (χ1v) is 5.71. The van der Waals surface area contributed by atoms with E-state index >= 15 is 0 Å². The largest absolute Gasteiger partial charge is 0.399 e. The van der Waals surface area contributed by atoms with Crippen molar-refractivity contribution in [3.63, 3.8) is 0 Å². The van der Waals surface area contributed by atoms with Gasteiger partial charge < -0.3 is 22.9 Å². The first kappa shape index (κ1) is 15.0. The van der Waals surface area contributed by atoms with Gasteiger partial charge in [0.2, 0.25) is 11.8 Å². The lowest BCUT2D eigenvalue weighted by Crippen LogP contribution is -2.13. The SMILES string of the molecule is NC(=O)c1ccc(C(N)=O)cc1.Nc1ccc(N)cc1. The summed E-state index contributed by atoms with van der Waals surface area (Å²) in [6.45, 7) is 0. The van der Waals surface area contributed by atoms with Gasteiger partial charge in [0, 0.05) is 22.5 Å². The molecule has 0 heterocycles. The molecule has 0 aliphatic heterocycles. The Balaban J connectivity index is 0.000000217. The number of hydrogen-bond acceptors (Lipinski definition) is 4. The van der Waals surface area contributed by atoms with E-state index < -0.39 is 11.8 Å². The summed E-state index contributed by atoms with van der Waals surface area (Å²) in [6, 6.07) is 12.9. The van der Waals surface area contributed by atoms with Gasteiger partial charge in [0.05, 0.1) is 0 Å². The van der Waals surface area contributed by atoms with Gasteiger partial charge in [-0.05, 0) is 48.5 Å². The van der Waals surface area contributed by atoms with Crippen LogP contribution in [0.3, 0.4) is 0 Å². The van der Waals surface area contributed by atoms with E-state index in [0.717, 1.165) is 11.4 Å². The molecule has 6 heteroatoms. The molecular weight excluding hydrogens is 256 g/mol. The van der Waals surface area contributed by atoms with Crippen molar-refractivity contribution in [2.24, 2.45) is 11.5 Å². The Morgan fingerprint density at radius 1 is 0.600 bits per heavy atom. The maximum absolute atomic E-state index is 10.6. The van der Waals surface area contributed by atoms with Crippen molar-refractivity contribution in [3.8, 4) is 0 Å². The molecule has 0 atom stereocenters. The van der Waals surface area contributed by atoms with Crippen LogP contribution in [-0.2, 0) is 0 Å². The monoisotopic (exact) mass is 272 g/mol. The second-order valence-corrected chi connectivity index (χ2v) is 3.97. The van der Waals surface area contributed by atoms with Crippen LogP contribution in [0.4, 0.5) is 11.4 Å². The number of amides is 2. The van der Waals surface area contributed by atoms with E-state index in [9.17, 15) is 9.59 Å². The maximum atomic E-state index is 10.6.